The molecule has 0 radical (unpaired) electrons. The van der Waals surface area contributed by atoms with E-state index in [1.165, 1.54) is 24.1 Å². The molecular formula is C11H14N2O2. The van der Waals surface area contributed by atoms with Gasteiger partial charge in [-0.2, -0.15) is 0 Å². The molecule has 4 nitrogen and oxygen atoms in total. The topological polar surface area (TPSA) is 54.1 Å². The maximum Gasteiger partial charge on any atom is 0.407 e. The predicted octanol–water partition coefficient (Wildman–Crippen LogP) is 1.67. The smallest absolute Gasteiger partial charge is 0.407 e. The molecule has 1 aromatic rings. The average molecular weight is 206 g/mol. The maximum atomic E-state index is 10.9. The molecule has 2 aliphatic rings. The summed E-state index contributed by atoms with van der Waals surface area (Å²) in [4.78, 5) is 14.3. The van der Waals surface area contributed by atoms with E-state index in [0.717, 1.165) is 18.5 Å². The molecule has 0 aromatic carbocycles. The van der Waals surface area contributed by atoms with Gasteiger partial charge in [0.25, 0.3) is 0 Å². The Morgan fingerprint density at radius 3 is 2.93 bits per heavy atom. The van der Waals surface area contributed by atoms with Crippen LogP contribution in [-0.2, 0) is 17.6 Å². The first-order valence-corrected chi connectivity index (χ1v) is 5.47. The summed E-state index contributed by atoms with van der Waals surface area (Å²) < 4.78 is 4.88. The molecule has 0 saturated carbocycles. The molecule has 0 bridgehead atoms. The number of hydrogen-bond acceptors (Lipinski definition) is 2. The van der Waals surface area contributed by atoms with Gasteiger partial charge >= 0.3 is 6.09 Å². The third kappa shape index (κ3) is 1.50. The molecule has 1 unspecified atom stereocenters. The number of amides is 1. The minimum atomic E-state index is -0.312. The fourth-order valence-electron chi connectivity index (χ4n) is 2.37. The highest BCUT2D eigenvalue weighted by molar-refractivity contribution is 5.69. The van der Waals surface area contributed by atoms with Crippen LogP contribution in [0.2, 0.25) is 0 Å². The van der Waals surface area contributed by atoms with Crippen LogP contribution in [0.4, 0.5) is 4.79 Å². The van der Waals surface area contributed by atoms with Gasteiger partial charge in [0.2, 0.25) is 0 Å². The number of aromatic nitrogens is 1. The van der Waals surface area contributed by atoms with Crippen LogP contribution in [0.3, 0.4) is 0 Å². The van der Waals surface area contributed by atoms with Crippen LogP contribution >= 0.6 is 0 Å². The lowest BCUT2D eigenvalue weighted by molar-refractivity contribution is 0.177. The van der Waals surface area contributed by atoms with E-state index in [1.54, 1.807) is 0 Å². The molecule has 1 aromatic heterocycles. The van der Waals surface area contributed by atoms with Crippen molar-refractivity contribution in [2.24, 2.45) is 0 Å². The van der Waals surface area contributed by atoms with E-state index in [4.69, 9.17) is 4.74 Å². The molecule has 4 heteroatoms. The molecule has 1 aliphatic heterocycles. The SMILES string of the molecule is O=C1NC(c2cc3c([nH]2)CCCC3)CO1. The number of cyclic esters (lactones) is 1. The van der Waals surface area contributed by atoms with E-state index in [-0.39, 0.29) is 12.1 Å². The first-order valence-electron chi connectivity index (χ1n) is 5.47. The molecular weight excluding hydrogens is 192 g/mol. The number of alkyl carbamates (subject to hydrolysis) is 1. The van der Waals surface area contributed by atoms with Crippen molar-refractivity contribution in [3.05, 3.63) is 23.0 Å². The van der Waals surface area contributed by atoms with Crippen molar-refractivity contribution >= 4 is 6.09 Å². The summed E-state index contributed by atoms with van der Waals surface area (Å²) in [6.07, 6.45) is 4.52. The summed E-state index contributed by atoms with van der Waals surface area (Å²) in [6.45, 7) is 0.443. The quantitative estimate of drug-likeness (QED) is 0.734. The predicted molar refractivity (Wildman–Crippen MR) is 54.7 cm³/mol. The number of fused-ring (bicyclic) bond motifs is 1. The van der Waals surface area contributed by atoms with E-state index in [1.807, 2.05) is 0 Å². The Hall–Kier alpha value is -1.45. The van der Waals surface area contributed by atoms with Gasteiger partial charge in [0.05, 0.1) is 0 Å². The fourth-order valence-corrected chi connectivity index (χ4v) is 2.37. The van der Waals surface area contributed by atoms with Gasteiger partial charge < -0.3 is 15.0 Å². The fraction of sp³-hybridized carbons (Fsp3) is 0.545. The zero-order valence-electron chi connectivity index (χ0n) is 8.51. The maximum absolute atomic E-state index is 10.9. The number of carbonyl (C=O) groups is 1. The average Bonchev–Trinajstić information content (AvgIpc) is 2.82. The second-order valence-corrected chi connectivity index (χ2v) is 4.23. The standard InChI is InChI=1S/C11H14N2O2/c14-11-13-10(6-15-11)9-5-7-3-1-2-4-8(7)12-9/h5,10,12H,1-4,6H2,(H,13,14). The van der Waals surface area contributed by atoms with Crippen LogP contribution in [0.15, 0.2) is 6.07 Å². The highest BCUT2D eigenvalue weighted by Crippen LogP contribution is 2.26. The van der Waals surface area contributed by atoms with Crippen molar-refractivity contribution in [2.45, 2.75) is 31.7 Å². The van der Waals surface area contributed by atoms with Gasteiger partial charge in [-0.05, 0) is 37.3 Å². The first-order chi connectivity index (χ1) is 7.33. The van der Waals surface area contributed by atoms with Crippen molar-refractivity contribution in [1.82, 2.24) is 10.3 Å². The monoisotopic (exact) mass is 206 g/mol. The van der Waals surface area contributed by atoms with Crippen molar-refractivity contribution in [1.29, 1.82) is 0 Å². The molecule has 3 rings (SSSR count). The number of carbonyl (C=O) groups excluding carboxylic acids is 1. The molecule has 2 N–H and O–H groups in total. The molecule has 1 atom stereocenters. The molecule has 0 spiro atoms. The highest BCUT2D eigenvalue weighted by Gasteiger charge is 2.26. The number of rotatable bonds is 1. The van der Waals surface area contributed by atoms with E-state index in [0.29, 0.717) is 6.61 Å². The van der Waals surface area contributed by atoms with Gasteiger partial charge in [0.15, 0.2) is 0 Å². The second kappa shape index (κ2) is 3.29. The Kier molecular flexibility index (Phi) is 1.94. The number of H-pyrrole nitrogens is 1. The molecule has 1 saturated heterocycles. The lowest BCUT2D eigenvalue weighted by atomic mass is 9.98. The van der Waals surface area contributed by atoms with Crippen LogP contribution < -0.4 is 5.32 Å². The van der Waals surface area contributed by atoms with Crippen molar-refractivity contribution in [3.63, 3.8) is 0 Å². The number of ether oxygens (including phenoxy) is 1. The summed E-state index contributed by atoms with van der Waals surface area (Å²) >= 11 is 0. The Bertz CT molecular complexity index is 374. The Labute approximate surface area is 88.0 Å². The number of aryl methyl sites for hydroxylation is 2. The zero-order valence-corrected chi connectivity index (χ0v) is 8.51. The Morgan fingerprint density at radius 1 is 1.33 bits per heavy atom. The van der Waals surface area contributed by atoms with Gasteiger partial charge in [-0.3, -0.25) is 0 Å². The first kappa shape index (κ1) is 8.83. The number of nitrogens with one attached hydrogen (secondary N) is 2. The summed E-state index contributed by atoms with van der Waals surface area (Å²) in [6, 6.07) is 2.19. The Balaban J connectivity index is 1.86. The van der Waals surface area contributed by atoms with Crippen LogP contribution in [0.1, 0.15) is 35.8 Å². The zero-order chi connectivity index (χ0) is 10.3. The van der Waals surface area contributed by atoms with Crippen LogP contribution in [0, 0.1) is 0 Å². The molecule has 2 heterocycles. The lowest BCUT2D eigenvalue weighted by Gasteiger charge is -2.09. The summed E-state index contributed by atoms with van der Waals surface area (Å²) in [5.74, 6) is 0. The van der Waals surface area contributed by atoms with Crippen molar-refractivity contribution in [3.8, 4) is 0 Å². The number of aromatic amines is 1. The second-order valence-electron chi connectivity index (χ2n) is 4.23. The van der Waals surface area contributed by atoms with E-state index in [2.05, 4.69) is 16.4 Å². The van der Waals surface area contributed by atoms with E-state index in [9.17, 15) is 4.79 Å². The molecule has 1 amide bonds. The van der Waals surface area contributed by atoms with Gasteiger partial charge in [0.1, 0.15) is 12.6 Å². The third-order valence-electron chi connectivity index (χ3n) is 3.18. The molecule has 80 valence electrons. The van der Waals surface area contributed by atoms with Gasteiger partial charge in [0, 0.05) is 11.4 Å². The van der Waals surface area contributed by atoms with Crippen molar-refractivity contribution < 1.29 is 9.53 Å². The van der Waals surface area contributed by atoms with Crippen LogP contribution in [0.25, 0.3) is 0 Å². The summed E-state index contributed by atoms with van der Waals surface area (Å²) in [7, 11) is 0. The molecule has 1 aliphatic carbocycles. The lowest BCUT2D eigenvalue weighted by Crippen LogP contribution is -2.18. The molecule has 15 heavy (non-hydrogen) atoms. The summed E-state index contributed by atoms with van der Waals surface area (Å²) in [5, 5.41) is 2.79. The van der Waals surface area contributed by atoms with Crippen LogP contribution in [-0.4, -0.2) is 17.7 Å². The summed E-state index contributed by atoms with van der Waals surface area (Å²) in [5.41, 5.74) is 3.85. The van der Waals surface area contributed by atoms with Gasteiger partial charge in [-0.25, -0.2) is 4.79 Å². The minimum absolute atomic E-state index is 0.0168. The minimum Gasteiger partial charge on any atom is -0.447 e. The van der Waals surface area contributed by atoms with Crippen LogP contribution in [0.5, 0.6) is 0 Å². The largest absolute Gasteiger partial charge is 0.447 e. The van der Waals surface area contributed by atoms with Gasteiger partial charge in [-0.15, -0.1) is 0 Å². The Morgan fingerprint density at radius 2 is 2.20 bits per heavy atom. The van der Waals surface area contributed by atoms with Crippen molar-refractivity contribution in [2.75, 3.05) is 6.61 Å². The number of hydrogen-bond donors (Lipinski definition) is 2. The van der Waals surface area contributed by atoms with Gasteiger partial charge in [-0.1, -0.05) is 0 Å². The highest BCUT2D eigenvalue weighted by atomic mass is 16.6. The normalized spacial score (nSPS) is 24.5. The third-order valence-corrected chi connectivity index (χ3v) is 3.18. The molecule has 1 fully saturated rings. The van der Waals surface area contributed by atoms with E-state index >= 15 is 0 Å². The van der Waals surface area contributed by atoms with E-state index < -0.39 is 0 Å².